The largest absolute Gasteiger partial charge is 0.480 e. The van der Waals surface area contributed by atoms with E-state index in [0.717, 1.165) is 25.7 Å². The van der Waals surface area contributed by atoms with Crippen LogP contribution in [0.5, 0.6) is 0 Å². The van der Waals surface area contributed by atoms with E-state index in [1.54, 1.807) is 6.92 Å². The minimum Gasteiger partial charge on any atom is -0.480 e. The van der Waals surface area contributed by atoms with Crippen molar-refractivity contribution in [2.45, 2.75) is 63.5 Å². The summed E-state index contributed by atoms with van der Waals surface area (Å²) in [4.78, 5) is 22.9. The van der Waals surface area contributed by atoms with Crippen molar-refractivity contribution in [2.24, 2.45) is 5.73 Å². The van der Waals surface area contributed by atoms with Crippen LogP contribution in [0.2, 0.25) is 0 Å². The Hall–Kier alpha value is -1.10. The quantitative estimate of drug-likeness (QED) is 0.671. The molecule has 1 rings (SSSR count). The van der Waals surface area contributed by atoms with Gasteiger partial charge in [0.05, 0.1) is 0 Å². The number of nitrogens with two attached hydrogens (primary N) is 1. The predicted molar refractivity (Wildman–Crippen MR) is 64.5 cm³/mol. The van der Waals surface area contributed by atoms with Crippen molar-refractivity contribution in [3.63, 3.8) is 0 Å². The fourth-order valence-electron chi connectivity index (χ4n) is 2.22. The van der Waals surface area contributed by atoms with Crippen molar-refractivity contribution in [2.75, 3.05) is 0 Å². The number of hydrogen-bond donors (Lipinski definition) is 3. The highest BCUT2D eigenvalue weighted by Crippen LogP contribution is 2.30. The Morgan fingerprint density at radius 3 is 2.35 bits per heavy atom. The van der Waals surface area contributed by atoms with Crippen LogP contribution in [0.1, 0.15) is 52.4 Å². The Morgan fingerprint density at radius 2 is 1.94 bits per heavy atom. The molecule has 1 fully saturated rings. The lowest BCUT2D eigenvalue weighted by atomic mass is 9.92. The number of carbonyl (C=O) groups excluding carboxylic acids is 1. The summed E-state index contributed by atoms with van der Waals surface area (Å²) in [6.45, 7) is 3.26. The molecule has 5 heteroatoms. The molecule has 0 aromatic rings. The van der Waals surface area contributed by atoms with Gasteiger partial charge < -0.3 is 16.2 Å². The molecule has 1 unspecified atom stereocenters. The van der Waals surface area contributed by atoms with Gasteiger partial charge >= 0.3 is 5.97 Å². The summed E-state index contributed by atoms with van der Waals surface area (Å²) in [6, 6.07) is 0. The van der Waals surface area contributed by atoms with Gasteiger partial charge in [0, 0.05) is 12.0 Å². The third kappa shape index (κ3) is 3.43. The fourth-order valence-corrected chi connectivity index (χ4v) is 2.22. The summed E-state index contributed by atoms with van der Waals surface area (Å²) in [5.41, 5.74) is 4.47. The Balaban J connectivity index is 2.57. The van der Waals surface area contributed by atoms with E-state index in [1.165, 1.54) is 6.92 Å². The monoisotopic (exact) mass is 242 g/mol. The number of amides is 1. The lowest BCUT2D eigenvalue weighted by molar-refractivity contribution is -0.147. The van der Waals surface area contributed by atoms with Crippen molar-refractivity contribution in [1.82, 2.24) is 5.32 Å². The second-order valence-electron chi connectivity index (χ2n) is 5.29. The van der Waals surface area contributed by atoms with E-state index in [4.69, 9.17) is 10.8 Å². The van der Waals surface area contributed by atoms with E-state index in [9.17, 15) is 9.59 Å². The van der Waals surface area contributed by atoms with Crippen molar-refractivity contribution in [3.8, 4) is 0 Å². The molecule has 0 aromatic carbocycles. The fraction of sp³-hybridized carbons (Fsp3) is 0.833. The van der Waals surface area contributed by atoms with Crippen LogP contribution in [0.15, 0.2) is 0 Å². The standard InChI is InChI=1S/C12H22N2O3/c1-3-11(2,10(16)17)14-9(15)8-12(13)6-4-5-7-12/h3-8,13H2,1-2H3,(H,14,15)(H,16,17). The second-order valence-corrected chi connectivity index (χ2v) is 5.29. The highest BCUT2D eigenvalue weighted by atomic mass is 16.4. The second kappa shape index (κ2) is 5.04. The molecule has 1 saturated carbocycles. The summed E-state index contributed by atoms with van der Waals surface area (Å²) < 4.78 is 0. The van der Waals surface area contributed by atoms with E-state index >= 15 is 0 Å². The summed E-state index contributed by atoms with van der Waals surface area (Å²) in [6.07, 6.45) is 4.36. The van der Waals surface area contributed by atoms with Crippen LogP contribution in [-0.4, -0.2) is 28.1 Å². The Kier molecular flexibility index (Phi) is 4.14. The van der Waals surface area contributed by atoms with Crippen LogP contribution < -0.4 is 11.1 Å². The molecule has 0 radical (unpaired) electrons. The molecule has 0 spiro atoms. The summed E-state index contributed by atoms with van der Waals surface area (Å²) >= 11 is 0. The Morgan fingerprint density at radius 1 is 1.41 bits per heavy atom. The van der Waals surface area contributed by atoms with E-state index < -0.39 is 17.0 Å². The molecular weight excluding hydrogens is 220 g/mol. The number of aliphatic carboxylic acids is 1. The molecule has 17 heavy (non-hydrogen) atoms. The topological polar surface area (TPSA) is 92.4 Å². The maximum absolute atomic E-state index is 11.8. The zero-order valence-electron chi connectivity index (χ0n) is 10.6. The first-order valence-corrected chi connectivity index (χ1v) is 6.15. The number of carboxylic acid groups (broad SMARTS) is 1. The highest BCUT2D eigenvalue weighted by Gasteiger charge is 2.36. The number of carboxylic acids is 1. The lowest BCUT2D eigenvalue weighted by Gasteiger charge is -2.28. The number of nitrogens with one attached hydrogen (secondary N) is 1. The molecule has 1 aliphatic carbocycles. The molecule has 0 aromatic heterocycles. The van der Waals surface area contributed by atoms with Gasteiger partial charge in [-0.15, -0.1) is 0 Å². The number of carbonyl (C=O) groups is 2. The van der Waals surface area contributed by atoms with Crippen molar-refractivity contribution in [3.05, 3.63) is 0 Å². The van der Waals surface area contributed by atoms with E-state index in [0.29, 0.717) is 6.42 Å². The molecule has 0 aliphatic heterocycles. The van der Waals surface area contributed by atoms with Crippen LogP contribution in [0, 0.1) is 0 Å². The third-order valence-electron chi connectivity index (χ3n) is 3.71. The van der Waals surface area contributed by atoms with Gasteiger partial charge in [-0.2, -0.15) is 0 Å². The average Bonchev–Trinajstić information content (AvgIpc) is 2.63. The van der Waals surface area contributed by atoms with Gasteiger partial charge in [0.25, 0.3) is 0 Å². The number of rotatable bonds is 5. The summed E-state index contributed by atoms with van der Waals surface area (Å²) in [5, 5.41) is 11.6. The normalized spacial score (nSPS) is 21.8. The molecule has 1 aliphatic rings. The third-order valence-corrected chi connectivity index (χ3v) is 3.71. The van der Waals surface area contributed by atoms with Gasteiger partial charge in [0.2, 0.25) is 5.91 Å². The van der Waals surface area contributed by atoms with E-state index in [2.05, 4.69) is 5.32 Å². The van der Waals surface area contributed by atoms with Crippen LogP contribution in [0.25, 0.3) is 0 Å². The predicted octanol–water partition coefficient (Wildman–Crippen LogP) is 1.02. The summed E-state index contributed by atoms with van der Waals surface area (Å²) in [5.74, 6) is -1.27. The molecule has 0 bridgehead atoms. The van der Waals surface area contributed by atoms with Crippen molar-refractivity contribution in [1.29, 1.82) is 0 Å². The van der Waals surface area contributed by atoms with Crippen LogP contribution in [-0.2, 0) is 9.59 Å². The molecule has 0 saturated heterocycles. The maximum atomic E-state index is 11.8. The smallest absolute Gasteiger partial charge is 0.329 e. The van der Waals surface area contributed by atoms with E-state index in [1.807, 2.05) is 0 Å². The van der Waals surface area contributed by atoms with Gasteiger partial charge in [-0.3, -0.25) is 4.79 Å². The maximum Gasteiger partial charge on any atom is 0.329 e. The molecule has 1 amide bonds. The zero-order valence-corrected chi connectivity index (χ0v) is 10.6. The van der Waals surface area contributed by atoms with Crippen molar-refractivity contribution >= 4 is 11.9 Å². The minimum absolute atomic E-state index is 0.218. The van der Waals surface area contributed by atoms with Gasteiger partial charge in [0.1, 0.15) is 5.54 Å². The van der Waals surface area contributed by atoms with Crippen LogP contribution in [0.4, 0.5) is 0 Å². The first-order valence-electron chi connectivity index (χ1n) is 6.15. The average molecular weight is 242 g/mol. The molecule has 5 nitrogen and oxygen atoms in total. The van der Waals surface area contributed by atoms with Gasteiger partial charge in [-0.05, 0) is 26.2 Å². The van der Waals surface area contributed by atoms with Gasteiger partial charge in [-0.25, -0.2) is 4.79 Å². The van der Waals surface area contributed by atoms with Crippen LogP contribution >= 0.6 is 0 Å². The Bertz CT molecular complexity index is 311. The lowest BCUT2D eigenvalue weighted by Crippen LogP contribution is -2.54. The van der Waals surface area contributed by atoms with Crippen molar-refractivity contribution < 1.29 is 14.7 Å². The van der Waals surface area contributed by atoms with Crippen LogP contribution in [0.3, 0.4) is 0 Å². The molecule has 4 N–H and O–H groups in total. The molecular formula is C12H22N2O3. The minimum atomic E-state index is -1.19. The van der Waals surface area contributed by atoms with E-state index in [-0.39, 0.29) is 12.3 Å². The first-order chi connectivity index (χ1) is 7.81. The molecule has 0 heterocycles. The zero-order chi connectivity index (χ0) is 13.1. The Labute approximate surface area is 102 Å². The SMILES string of the molecule is CCC(C)(NC(=O)CC1(N)CCCC1)C(=O)O. The van der Waals surface area contributed by atoms with Gasteiger partial charge in [-0.1, -0.05) is 19.8 Å². The highest BCUT2D eigenvalue weighted by molar-refractivity contribution is 5.87. The molecule has 1 atom stereocenters. The van der Waals surface area contributed by atoms with Gasteiger partial charge in [0.15, 0.2) is 0 Å². The molecule has 98 valence electrons. The number of hydrogen-bond acceptors (Lipinski definition) is 3. The summed E-state index contributed by atoms with van der Waals surface area (Å²) in [7, 11) is 0. The first kappa shape index (κ1) is 14.0.